The van der Waals surface area contributed by atoms with E-state index in [-0.39, 0.29) is 11.7 Å². The van der Waals surface area contributed by atoms with Crippen LogP contribution in [0.3, 0.4) is 0 Å². The van der Waals surface area contributed by atoms with Crippen molar-refractivity contribution in [2.75, 3.05) is 0 Å². The van der Waals surface area contributed by atoms with Crippen LogP contribution in [0.4, 0.5) is 0 Å². The van der Waals surface area contributed by atoms with E-state index in [1.165, 1.54) is 77.2 Å². The van der Waals surface area contributed by atoms with E-state index in [2.05, 4.69) is 19.1 Å². The number of carbonyl (C=O) groups is 1. The molecule has 146 valence electrons. The van der Waals surface area contributed by atoms with Gasteiger partial charge >= 0.3 is 5.97 Å². The Morgan fingerprint density at radius 1 is 0.923 bits per heavy atom. The van der Waals surface area contributed by atoms with Crippen LogP contribution in [0.15, 0.2) is 30.4 Å². The van der Waals surface area contributed by atoms with Crippen molar-refractivity contribution in [3.8, 4) is 11.5 Å². The van der Waals surface area contributed by atoms with Gasteiger partial charge in [-0.2, -0.15) is 0 Å². The second-order valence-corrected chi connectivity index (χ2v) is 7.06. The summed E-state index contributed by atoms with van der Waals surface area (Å²) in [5, 5.41) is 9.71. The summed E-state index contributed by atoms with van der Waals surface area (Å²) in [6.07, 6.45) is 19.5. The molecule has 0 aliphatic carbocycles. The Labute approximate surface area is 159 Å². The first-order chi connectivity index (χ1) is 12.6. The summed E-state index contributed by atoms with van der Waals surface area (Å²) in [5.41, 5.74) is 1.02. The van der Waals surface area contributed by atoms with Crippen LogP contribution >= 0.6 is 0 Å². The van der Waals surface area contributed by atoms with Crippen molar-refractivity contribution in [1.29, 1.82) is 0 Å². The maximum Gasteiger partial charge on any atom is 0.308 e. The van der Waals surface area contributed by atoms with Crippen molar-refractivity contribution >= 4 is 5.97 Å². The largest absolute Gasteiger partial charge is 0.508 e. The predicted octanol–water partition coefficient (Wildman–Crippen LogP) is 6.73. The zero-order valence-corrected chi connectivity index (χ0v) is 16.6. The molecule has 0 fully saturated rings. The Hall–Kier alpha value is -1.77. The van der Waals surface area contributed by atoms with E-state index in [0.29, 0.717) is 5.75 Å². The zero-order valence-electron chi connectivity index (χ0n) is 16.6. The maximum absolute atomic E-state index is 11.0. The maximum atomic E-state index is 11.0. The molecule has 0 amide bonds. The normalized spacial score (nSPS) is 11.2. The van der Waals surface area contributed by atoms with Gasteiger partial charge in [-0.15, -0.1) is 0 Å². The number of allylic oxidation sites excluding steroid dienone is 2. The molecule has 0 saturated heterocycles. The lowest BCUT2D eigenvalue weighted by Crippen LogP contribution is -2.01. The molecule has 3 heteroatoms. The Morgan fingerprint density at radius 2 is 1.54 bits per heavy atom. The first-order valence-corrected chi connectivity index (χ1v) is 10.3. The number of phenolic OH excluding ortho intramolecular Hbond substituents is 1. The molecule has 0 bridgehead atoms. The minimum Gasteiger partial charge on any atom is -0.508 e. The van der Waals surface area contributed by atoms with Gasteiger partial charge in [-0.1, -0.05) is 57.6 Å². The number of phenols is 1. The van der Waals surface area contributed by atoms with Gasteiger partial charge in [0, 0.05) is 13.0 Å². The van der Waals surface area contributed by atoms with E-state index in [1.54, 1.807) is 6.07 Å². The molecule has 0 aliphatic rings. The molecule has 3 nitrogen and oxygen atoms in total. The van der Waals surface area contributed by atoms with Gasteiger partial charge in [0.25, 0.3) is 0 Å². The fourth-order valence-electron chi connectivity index (χ4n) is 3.06. The lowest BCUT2D eigenvalue weighted by Gasteiger charge is -2.07. The topological polar surface area (TPSA) is 46.5 Å². The quantitative estimate of drug-likeness (QED) is 0.173. The predicted molar refractivity (Wildman–Crippen MR) is 109 cm³/mol. The number of aromatic hydroxyl groups is 1. The number of ether oxygens (including phenoxy) is 1. The fraction of sp³-hybridized carbons (Fsp3) is 0.609. The highest BCUT2D eigenvalue weighted by Crippen LogP contribution is 2.23. The lowest BCUT2D eigenvalue weighted by atomic mass is 10.0. The smallest absolute Gasteiger partial charge is 0.308 e. The van der Waals surface area contributed by atoms with Crippen LogP contribution in [0.2, 0.25) is 0 Å². The standard InChI is InChI=1S/C23H36O3/c1-3-4-5-6-7-8-9-10-11-12-13-14-15-16-21-17-22(25)19-23(18-21)26-20(2)24/h8-9,17-19,25H,3-7,10-16H2,1-2H3. The highest BCUT2D eigenvalue weighted by Gasteiger charge is 2.04. The molecule has 0 atom stereocenters. The molecule has 1 N–H and O–H groups in total. The highest BCUT2D eigenvalue weighted by molar-refractivity contribution is 5.69. The minimum atomic E-state index is -0.364. The second-order valence-electron chi connectivity index (χ2n) is 7.06. The molecule has 0 aliphatic heterocycles. The van der Waals surface area contributed by atoms with Gasteiger partial charge in [0.15, 0.2) is 0 Å². The average Bonchev–Trinajstić information content (AvgIpc) is 2.58. The van der Waals surface area contributed by atoms with Gasteiger partial charge in [0.2, 0.25) is 0 Å². The average molecular weight is 361 g/mol. The van der Waals surface area contributed by atoms with E-state index in [9.17, 15) is 9.90 Å². The van der Waals surface area contributed by atoms with Gasteiger partial charge in [0.05, 0.1) is 0 Å². The number of aryl methyl sites for hydroxylation is 1. The van der Waals surface area contributed by atoms with Crippen LogP contribution in [-0.4, -0.2) is 11.1 Å². The van der Waals surface area contributed by atoms with E-state index < -0.39 is 0 Å². The molecular formula is C23H36O3. The molecular weight excluding hydrogens is 324 g/mol. The first kappa shape index (κ1) is 22.3. The second kappa shape index (κ2) is 14.4. The molecule has 26 heavy (non-hydrogen) atoms. The summed E-state index contributed by atoms with van der Waals surface area (Å²) in [5.74, 6) is 0.214. The lowest BCUT2D eigenvalue weighted by molar-refractivity contribution is -0.131. The minimum absolute atomic E-state index is 0.153. The molecule has 0 saturated carbocycles. The highest BCUT2D eigenvalue weighted by atomic mass is 16.5. The van der Waals surface area contributed by atoms with Crippen LogP contribution in [0.25, 0.3) is 0 Å². The van der Waals surface area contributed by atoms with E-state index >= 15 is 0 Å². The summed E-state index contributed by atoms with van der Waals surface area (Å²) in [7, 11) is 0. The van der Waals surface area contributed by atoms with Gasteiger partial charge in [-0.3, -0.25) is 4.79 Å². The van der Waals surface area contributed by atoms with Crippen molar-refractivity contribution < 1.29 is 14.6 Å². The first-order valence-electron chi connectivity index (χ1n) is 10.3. The number of carbonyl (C=O) groups excluding carboxylic acids is 1. The van der Waals surface area contributed by atoms with E-state index in [0.717, 1.165) is 18.4 Å². The number of esters is 1. The summed E-state index contributed by atoms with van der Waals surface area (Å²) in [4.78, 5) is 11.0. The number of benzene rings is 1. The summed E-state index contributed by atoms with van der Waals surface area (Å²) in [6.45, 7) is 3.62. The van der Waals surface area contributed by atoms with Crippen LogP contribution < -0.4 is 4.74 Å². The van der Waals surface area contributed by atoms with Gasteiger partial charge in [0.1, 0.15) is 11.5 Å². The monoisotopic (exact) mass is 360 g/mol. The van der Waals surface area contributed by atoms with Gasteiger partial charge in [-0.25, -0.2) is 0 Å². The van der Waals surface area contributed by atoms with Crippen LogP contribution in [0.1, 0.15) is 90.0 Å². The SMILES string of the molecule is CCCCCCC=CCCCCCCCc1cc(O)cc(OC(C)=O)c1. The van der Waals surface area contributed by atoms with Gasteiger partial charge < -0.3 is 9.84 Å². The number of rotatable bonds is 14. The number of hydrogen-bond donors (Lipinski definition) is 1. The third-order valence-electron chi connectivity index (χ3n) is 4.44. The number of unbranched alkanes of at least 4 members (excludes halogenated alkanes) is 9. The van der Waals surface area contributed by atoms with Crippen LogP contribution in [-0.2, 0) is 11.2 Å². The van der Waals surface area contributed by atoms with Crippen molar-refractivity contribution in [2.24, 2.45) is 0 Å². The summed E-state index contributed by atoms with van der Waals surface area (Å²) >= 11 is 0. The number of hydrogen-bond acceptors (Lipinski definition) is 3. The third kappa shape index (κ3) is 11.7. The molecule has 0 radical (unpaired) electrons. The van der Waals surface area contributed by atoms with Crippen molar-refractivity contribution in [1.82, 2.24) is 0 Å². The van der Waals surface area contributed by atoms with Gasteiger partial charge in [-0.05, 0) is 56.2 Å². The molecule has 0 spiro atoms. The van der Waals surface area contributed by atoms with Crippen LogP contribution in [0, 0.1) is 0 Å². The molecule has 1 rings (SSSR count). The molecule has 1 aromatic carbocycles. The van der Waals surface area contributed by atoms with Crippen molar-refractivity contribution in [3.05, 3.63) is 35.9 Å². The van der Waals surface area contributed by atoms with Crippen LogP contribution in [0.5, 0.6) is 11.5 Å². The molecule has 0 heterocycles. The van der Waals surface area contributed by atoms with Crippen molar-refractivity contribution in [2.45, 2.75) is 90.9 Å². The Morgan fingerprint density at radius 3 is 2.19 bits per heavy atom. The van der Waals surface area contributed by atoms with E-state index in [4.69, 9.17) is 4.74 Å². The summed E-state index contributed by atoms with van der Waals surface area (Å²) in [6, 6.07) is 5.06. The Kier molecular flexibility index (Phi) is 12.3. The fourth-order valence-corrected chi connectivity index (χ4v) is 3.06. The van der Waals surface area contributed by atoms with E-state index in [1.807, 2.05) is 6.07 Å². The Balaban J connectivity index is 2.06. The Bertz CT molecular complexity index is 534. The van der Waals surface area contributed by atoms with Crippen molar-refractivity contribution in [3.63, 3.8) is 0 Å². The molecule has 1 aromatic rings. The zero-order chi connectivity index (χ0) is 19.0. The summed E-state index contributed by atoms with van der Waals surface area (Å²) < 4.78 is 5.05. The third-order valence-corrected chi connectivity index (χ3v) is 4.44. The molecule has 0 aromatic heterocycles. The molecule has 0 unspecified atom stereocenters.